The van der Waals surface area contributed by atoms with Gasteiger partial charge in [0.2, 0.25) is 0 Å². The molecule has 22 heavy (non-hydrogen) atoms. The highest BCUT2D eigenvalue weighted by atomic mass is 16.1. The number of ketones is 1. The molecule has 122 valence electrons. The second-order valence-electron chi connectivity index (χ2n) is 8.96. The molecule has 0 bridgehead atoms. The van der Waals surface area contributed by atoms with E-state index in [9.17, 15) is 4.79 Å². The van der Waals surface area contributed by atoms with Crippen LogP contribution in [-0.4, -0.2) is 5.78 Å². The quantitative estimate of drug-likeness (QED) is 0.608. The second kappa shape index (κ2) is 6.18. The minimum Gasteiger partial charge on any atom is -0.294 e. The van der Waals surface area contributed by atoms with E-state index in [0.717, 1.165) is 18.4 Å². The van der Waals surface area contributed by atoms with Gasteiger partial charge < -0.3 is 0 Å². The average molecular weight is 300 g/mol. The Hall–Kier alpha value is -1.11. The zero-order valence-electron chi connectivity index (χ0n) is 15.3. The Morgan fingerprint density at radius 3 is 1.91 bits per heavy atom. The van der Waals surface area contributed by atoms with Crippen LogP contribution in [0.4, 0.5) is 0 Å². The molecule has 1 aliphatic rings. The summed E-state index contributed by atoms with van der Waals surface area (Å²) < 4.78 is 0. The summed E-state index contributed by atoms with van der Waals surface area (Å²) in [6, 6.07) is 6.43. The lowest BCUT2D eigenvalue weighted by molar-refractivity contribution is 0.0889. The Bertz CT molecular complexity index is 534. The second-order valence-corrected chi connectivity index (χ2v) is 8.96. The smallest absolute Gasteiger partial charge is 0.165 e. The largest absolute Gasteiger partial charge is 0.294 e. The molecule has 1 saturated carbocycles. The van der Waals surface area contributed by atoms with Crippen LogP contribution < -0.4 is 0 Å². The van der Waals surface area contributed by atoms with Crippen LogP contribution in [0.1, 0.15) is 95.1 Å². The molecule has 0 aromatic heterocycles. The fourth-order valence-electron chi connectivity index (χ4n) is 3.57. The first-order chi connectivity index (χ1) is 10.1. The van der Waals surface area contributed by atoms with Gasteiger partial charge in [0.1, 0.15) is 0 Å². The maximum atomic E-state index is 12.8. The fourth-order valence-corrected chi connectivity index (χ4v) is 3.57. The number of carbonyl (C=O) groups excluding carboxylic acids is 1. The third-order valence-corrected chi connectivity index (χ3v) is 4.90. The van der Waals surface area contributed by atoms with Gasteiger partial charge in [0, 0.05) is 11.5 Å². The van der Waals surface area contributed by atoms with Crippen molar-refractivity contribution in [2.45, 2.75) is 84.5 Å². The number of benzene rings is 1. The molecule has 0 aliphatic heterocycles. The van der Waals surface area contributed by atoms with Gasteiger partial charge in [-0.1, -0.05) is 72.9 Å². The summed E-state index contributed by atoms with van der Waals surface area (Å²) in [6.07, 6.45) is 5.86. The SMILES string of the molecule is CC(C)(C)c1ccc(C(=O)C2CCCCC2)cc1C(C)(C)C. The van der Waals surface area contributed by atoms with E-state index in [-0.39, 0.29) is 16.7 Å². The molecule has 1 aliphatic carbocycles. The number of hydrogen-bond acceptors (Lipinski definition) is 1. The molecule has 2 rings (SSSR count). The highest BCUT2D eigenvalue weighted by Gasteiger charge is 2.28. The minimum atomic E-state index is 0.0610. The molecule has 0 N–H and O–H groups in total. The van der Waals surface area contributed by atoms with Crippen molar-refractivity contribution >= 4 is 5.78 Å². The Morgan fingerprint density at radius 1 is 0.864 bits per heavy atom. The number of Topliss-reactive ketones (excluding diaryl/α,β-unsaturated/α-hetero) is 1. The predicted molar refractivity (Wildman–Crippen MR) is 94.7 cm³/mol. The Morgan fingerprint density at radius 2 is 1.41 bits per heavy atom. The Kier molecular flexibility index (Phi) is 4.84. The lowest BCUT2D eigenvalue weighted by atomic mass is 9.73. The molecule has 0 unspecified atom stereocenters. The minimum absolute atomic E-state index is 0.0610. The van der Waals surface area contributed by atoms with Crippen LogP contribution in [-0.2, 0) is 10.8 Å². The molecular weight excluding hydrogens is 268 g/mol. The van der Waals surface area contributed by atoms with Crippen molar-refractivity contribution in [1.29, 1.82) is 0 Å². The molecule has 1 nitrogen and oxygen atoms in total. The molecule has 1 aromatic carbocycles. The Labute approximate surface area is 136 Å². The molecular formula is C21H32O. The molecule has 1 aromatic rings. The van der Waals surface area contributed by atoms with Crippen LogP contribution in [0.5, 0.6) is 0 Å². The van der Waals surface area contributed by atoms with E-state index in [4.69, 9.17) is 0 Å². The highest BCUT2D eigenvalue weighted by molar-refractivity contribution is 5.98. The summed E-state index contributed by atoms with van der Waals surface area (Å²) in [4.78, 5) is 12.8. The van der Waals surface area contributed by atoms with Crippen molar-refractivity contribution in [3.8, 4) is 0 Å². The third kappa shape index (κ3) is 3.80. The summed E-state index contributed by atoms with van der Waals surface area (Å²) in [5.41, 5.74) is 3.77. The summed E-state index contributed by atoms with van der Waals surface area (Å²) in [7, 11) is 0. The van der Waals surface area contributed by atoms with Gasteiger partial charge in [-0.05, 0) is 40.9 Å². The van der Waals surface area contributed by atoms with Gasteiger partial charge in [-0.3, -0.25) is 4.79 Å². The van der Waals surface area contributed by atoms with Crippen molar-refractivity contribution < 1.29 is 4.79 Å². The Balaban J connectivity index is 2.40. The monoisotopic (exact) mass is 300 g/mol. The number of carbonyl (C=O) groups is 1. The molecule has 0 atom stereocenters. The van der Waals surface area contributed by atoms with E-state index < -0.39 is 0 Å². The summed E-state index contributed by atoms with van der Waals surface area (Å²) in [5.74, 6) is 0.618. The van der Waals surface area contributed by atoms with Crippen LogP contribution in [0.3, 0.4) is 0 Å². The first kappa shape index (κ1) is 17.2. The number of rotatable bonds is 2. The molecule has 1 heteroatoms. The topological polar surface area (TPSA) is 17.1 Å². The van der Waals surface area contributed by atoms with Gasteiger partial charge in [-0.15, -0.1) is 0 Å². The molecule has 0 saturated heterocycles. The van der Waals surface area contributed by atoms with E-state index in [2.05, 4.69) is 59.7 Å². The lowest BCUT2D eigenvalue weighted by Crippen LogP contribution is -2.24. The zero-order valence-corrected chi connectivity index (χ0v) is 15.3. The molecule has 0 spiro atoms. The first-order valence-corrected chi connectivity index (χ1v) is 8.80. The van der Waals surface area contributed by atoms with Gasteiger partial charge in [-0.25, -0.2) is 0 Å². The van der Waals surface area contributed by atoms with Crippen molar-refractivity contribution in [3.05, 3.63) is 34.9 Å². The van der Waals surface area contributed by atoms with Crippen molar-refractivity contribution in [1.82, 2.24) is 0 Å². The number of hydrogen-bond donors (Lipinski definition) is 0. The van der Waals surface area contributed by atoms with E-state index >= 15 is 0 Å². The van der Waals surface area contributed by atoms with Crippen molar-refractivity contribution in [2.75, 3.05) is 0 Å². The van der Waals surface area contributed by atoms with E-state index in [1.807, 2.05) is 0 Å². The molecule has 0 radical (unpaired) electrons. The molecule has 0 amide bonds. The van der Waals surface area contributed by atoms with Crippen molar-refractivity contribution in [2.24, 2.45) is 5.92 Å². The van der Waals surface area contributed by atoms with Gasteiger partial charge in [0.15, 0.2) is 5.78 Å². The normalized spacial score (nSPS) is 17.5. The van der Waals surface area contributed by atoms with E-state index in [1.165, 1.54) is 30.4 Å². The van der Waals surface area contributed by atoms with Crippen molar-refractivity contribution in [3.63, 3.8) is 0 Å². The standard InChI is InChI=1S/C21H32O/c1-20(2,3)17-13-12-16(14-18(17)21(4,5)6)19(22)15-10-8-7-9-11-15/h12-15H,7-11H2,1-6H3. The van der Waals surface area contributed by atoms with Gasteiger partial charge >= 0.3 is 0 Å². The van der Waals surface area contributed by atoms with Crippen LogP contribution in [0.2, 0.25) is 0 Å². The summed E-state index contributed by atoms with van der Waals surface area (Å²) >= 11 is 0. The lowest BCUT2D eigenvalue weighted by Gasteiger charge is -2.31. The zero-order chi connectivity index (χ0) is 16.5. The van der Waals surface area contributed by atoms with Crippen LogP contribution in [0.25, 0.3) is 0 Å². The highest BCUT2D eigenvalue weighted by Crippen LogP contribution is 2.35. The summed E-state index contributed by atoms with van der Waals surface area (Å²) in [5, 5.41) is 0. The van der Waals surface area contributed by atoms with Gasteiger partial charge in [0.25, 0.3) is 0 Å². The van der Waals surface area contributed by atoms with Gasteiger partial charge in [-0.2, -0.15) is 0 Å². The maximum Gasteiger partial charge on any atom is 0.165 e. The molecule has 0 heterocycles. The van der Waals surface area contributed by atoms with Crippen LogP contribution in [0.15, 0.2) is 18.2 Å². The fraction of sp³-hybridized carbons (Fsp3) is 0.667. The summed E-state index contributed by atoms with van der Waals surface area (Å²) in [6.45, 7) is 13.5. The predicted octanol–water partition coefficient (Wildman–Crippen LogP) is 6.04. The average Bonchev–Trinajstić information content (AvgIpc) is 2.45. The third-order valence-electron chi connectivity index (χ3n) is 4.90. The van der Waals surface area contributed by atoms with Crippen LogP contribution >= 0.6 is 0 Å². The first-order valence-electron chi connectivity index (χ1n) is 8.80. The maximum absolute atomic E-state index is 12.8. The van der Waals surface area contributed by atoms with E-state index in [1.54, 1.807) is 0 Å². The molecule has 1 fully saturated rings. The van der Waals surface area contributed by atoms with E-state index in [0.29, 0.717) is 5.78 Å². The van der Waals surface area contributed by atoms with Gasteiger partial charge in [0.05, 0.1) is 0 Å². The van der Waals surface area contributed by atoms with Crippen LogP contribution in [0, 0.1) is 5.92 Å².